The lowest BCUT2D eigenvalue weighted by molar-refractivity contribution is 0.606. The highest BCUT2D eigenvalue weighted by atomic mass is 32.1. The van der Waals surface area contributed by atoms with Crippen LogP contribution in [0.15, 0.2) is 17.0 Å². The van der Waals surface area contributed by atoms with E-state index in [2.05, 4.69) is 12.6 Å². The molecule has 1 rings (SSSR count). The second-order valence-corrected chi connectivity index (χ2v) is 2.86. The van der Waals surface area contributed by atoms with Gasteiger partial charge in [0.15, 0.2) is 0 Å². The van der Waals surface area contributed by atoms with E-state index in [1.807, 2.05) is 20.8 Å². The zero-order valence-corrected chi connectivity index (χ0v) is 9.16. The van der Waals surface area contributed by atoms with Gasteiger partial charge >= 0.3 is 0 Å². The van der Waals surface area contributed by atoms with E-state index in [1.54, 1.807) is 6.07 Å². The molecule has 1 nitrogen and oxygen atoms in total. The lowest BCUT2D eigenvalue weighted by Crippen LogP contribution is -2.02. The zero-order chi connectivity index (χ0) is 10.4. The molecule has 1 aromatic carbocycles. The van der Waals surface area contributed by atoms with E-state index >= 15 is 0 Å². The Bertz CT molecular complexity index is 274. The van der Waals surface area contributed by atoms with Crippen LogP contribution >= 0.6 is 12.6 Å². The summed E-state index contributed by atoms with van der Waals surface area (Å²) in [6, 6.07) is 3.02. The van der Waals surface area contributed by atoms with Crippen LogP contribution in [0.5, 0.6) is 0 Å². The molecule has 0 saturated carbocycles. The first-order valence-corrected chi connectivity index (χ1v) is 4.78. The molecule has 0 spiro atoms. The molecule has 0 saturated heterocycles. The molecule has 3 heteroatoms. The van der Waals surface area contributed by atoms with Gasteiger partial charge in [-0.2, -0.15) is 0 Å². The van der Waals surface area contributed by atoms with Gasteiger partial charge in [0.2, 0.25) is 0 Å². The van der Waals surface area contributed by atoms with Crippen molar-refractivity contribution >= 4 is 12.6 Å². The van der Waals surface area contributed by atoms with Crippen molar-refractivity contribution in [1.29, 1.82) is 0 Å². The monoisotopic (exact) mass is 201 g/mol. The van der Waals surface area contributed by atoms with Gasteiger partial charge in [-0.05, 0) is 24.6 Å². The Morgan fingerprint density at radius 3 is 2.31 bits per heavy atom. The van der Waals surface area contributed by atoms with Crippen molar-refractivity contribution in [2.24, 2.45) is 5.73 Å². The summed E-state index contributed by atoms with van der Waals surface area (Å²) in [5.74, 6) is -0.247. The van der Waals surface area contributed by atoms with Crippen LogP contribution in [0.4, 0.5) is 4.39 Å². The van der Waals surface area contributed by atoms with E-state index in [0.29, 0.717) is 5.56 Å². The van der Waals surface area contributed by atoms with Gasteiger partial charge in [-0.3, -0.25) is 0 Å². The molecule has 0 unspecified atom stereocenters. The van der Waals surface area contributed by atoms with Crippen LogP contribution in [0.1, 0.15) is 25.0 Å². The lowest BCUT2D eigenvalue weighted by atomic mass is 10.1. The Balaban J connectivity index is 0.000000671. The van der Waals surface area contributed by atoms with Crippen LogP contribution < -0.4 is 5.73 Å². The van der Waals surface area contributed by atoms with Gasteiger partial charge in [0.25, 0.3) is 0 Å². The number of hydrogen-bond acceptors (Lipinski definition) is 2. The highest BCUT2D eigenvalue weighted by Gasteiger charge is 2.05. The van der Waals surface area contributed by atoms with Crippen molar-refractivity contribution in [2.75, 3.05) is 0 Å². The highest BCUT2D eigenvalue weighted by Crippen LogP contribution is 2.19. The van der Waals surface area contributed by atoms with E-state index in [-0.39, 0.29) is 12.4 Å². The molecule has 0 aliphatic rings. The summed E-state index contributed by atoms with van der Waals surface area (Å²) in [5.41, 5.74) is 6.73. The number of thiol groups is 1. The number of halogens is 1. The molecule has 0 bridgehead atoms. The van der Waals surface area contributed by atoms with Crippen LogP contribution in [0, 0.1) is 12.7 Å². The summed E-state index contributed by atoms with van der Waals surface area (Å²) < 4.78 is 12.9. The Morgan fingerprint density at radius 2 is 1.92 bits per heavy atom. The van der Waals surface area contributed by atoms with E-state index in [0.717, 1.165) is 10.5 Å². The van der Waals surface area contributed by atoms with Crippen molar-refractivity contribution in [3.05, 3.63) is 29.1 Å². The minimum atomic E-state index is -0.247. The number of benzene rings is 1. The van der Waals surface area contributed by atoms with Gasteiger partial charge in [-0.15, -0.1) is 12.6 Å². The molecule has 0 fully saturated rings. The van der Waals surface area contributed by atoms with Crippen molar-refractivity contribution in [1.82, 2.24) is 0 Å². The van der Waals surface area contributed by atoms with Crippen LogP contribution in [0.2, 0.25) is 0 Å². The number of nitrogens with two attached hydrogens (primary N) is 1. The second kappa shape index (κ2) is 6.00. The molecule has 0 aliphatic carbocycles. The van der Waals surface area contributed by atoms with Gasteiger partial charge in [-0.25, -0.2) is 4.39 Å². The molecule has 0 amide bonds. The fourth-order valence-corrected chi connectivity index (χ4v) is 1.17. The predicted molar refractivity (Wildman–Crippen MR) is 57.6 cm³/mol. The Labute approximate surface area is 84.6 Å². The maximum absolute atomic E-state index is 12.9. The number of rotatable bonds is 1. The summed E-state index contributed by atoms with van der Waals surface area (Å²) in [6.07, 6.45) is 0. The van der Waals surface area contributed by atoms with Gasteiger partial charge in [0.05, 0.1) is 0 Å². The summed E-state index contributed by atoms with van der Waals surface area (Å²) in [7, 11) is 0. The first-order chi connectivity index (χ1) is 6.16. The molecule has 13 heavy (non-hydrogen) atoms. The molecule has 0 aliphatic heterocycles. The fourth-order valence-electron chi connectivity index (χ4n) is 0.962. The normalized spacial score (nSPS) is 9.08. The predicted octanol–water partition coefficient (Wildman–Crippen LogP) is 2.91. The van der Waals surface area contributed by atoms with Crippen molar-refractivity contribution in [3.8, 4) is 0 Å². The maximum atomic E-state index is 12.9. The molecule has 1 aromatic rings. The number of hydrogen-bond donors (Lipinski definition) is 2. The van der Waals surface area contributed by atoms with E-state index in [9.17, 15) is 4.39 Å². The van der Waals surface area contributed by atoms with E-state index in [4.69, 9.17) is 5.73 Å². The van der Waals surface area contributed by atoms with Crippen molar-refractivity contribution < 1.29 is 4.39 Å². The van der Waals surface area contributed by atoms with E-state index < -0.39 is 0 Å². The molecule has 74 valence electrons. The topological polar surface area (TPSA) is 26.0 Å². The third-order valence-corrected chi connectivity index (χ3v) is 2.20. The molecule has 2 N–H and O–H groups in total. The summed E-state index contributed by atoms with van der Waals surface area (Å²) >= 11 is 4.15. The zero-order valence-electron chi connectivity index (χ0n) is 8.26. The van der Waals surface area contributed by atoms with Crippen LogP contribution in [0.25, 0.3) is 0 Å². The molecular formula is C10H16FNS. The summed E-state index contributed by atoms with van der Waals surface area (Å²) in [4.78, 5) is 0.784. The Kier molecular flexibility index (Phi) is 5.75. The summed E-state index contributed by atoms with van der Waals surface area (Å²) in [5, 5.41) is 0. The highest BCUT2D eigenvalue weighted by molar-refractivity contribution is 7.80. The van der Waals surface area contributed by atoms with Gasteiger partial charge in [-0.1, -0.05) is 13.8 Å². The van der Waals surface area contributed by atoms with Crippen LogP contribution in [-0.2, 0) is 6.54 Å². The molecule has 0 radical (unpaired) electrons. The maximum Gasteiger partial charge on any atom is 0.128 e. The SMILES string of the molecule is CC.Cc1c(S)ccc(F)c1CN. The molecular weight excluding hydrogens is 185 g/mol. The third-order valence-electron chi connectivity index (χ3n) is 1.72. The molecule has 0 atom stereocenters. The van der Waals surface area contributed by atoms with Crippen molar-refractivity contribution in [3.63, 3.8) is 0 Å². The van der Waals surface area contributed by atoms with E-state index in [1.165, 1.54) is 6.07 Å². The van der Waals surface area contributed by atoms with Crippen molar-refractivity contribution in [2.45, 2.75) is 32.2 Å². The average Bonchev–Trinajstić information content (AvgIpc) is 2.16. The second-order valence-electron chi connectivity index (χ2n) is 2.37. The molecule has 0 aromatic heterocycles. The first-order valence-electron chi connectivity index (χ1n) is 4.34. The van der Waals surface area contributed by atoms with Crippen LogP contribution in [-0.4, -0.2) is 0 Å². The van der Waals surface area contributed by atoms with Gasteiger partial charge in [0.1, 0.15) is 5.82 Å². The summed E-state index contributed by atoms with van der Waals surface area (Å²) in [6.45, 7) is 6.04. The largest absolute Gasteiger partial charge is 0.326 e. The smallest absolute Gasteiger partial charge is 0.128 e. The Hall–Kier alpha value is -0.540. The standard InChI is InChI=1S/C8H10FNS.C2H6/c1-5-6(4-10)7(9)2-3-8(5)11;1-2/h2-3,11H,4,10H2,1H3;1-2H3. The minimum Gasteiger partial charge on any atom is -0.326 e. The quantitative estimate of drug-likeness (QED) is 0.671. The third kappa shape index (κ3) is 3.01. The minimum absolute atomic E-state index is 0.228. The molecule has 0 heterocycles. The van der Waals surface area contributed by atoms with Gasteiger partial charge < -0.3 is 5.73 Å². The fraction of sp³-hybridized carbons (Fsp3) is 0.400. The lowest BCUT2D eigenvalue weighted by Gasteiger charge is -2.05. The van der Waals surface area contributed by atoms with Gasteiger partial charge in [0, 0.05) is 17.0 Å². The average molecular weight is 201 g/mol. The first kappa shape index (κ1) is 12.5. The van der Waals surface area contributed by atoms with Crippen LogP contribution in [0.3, 0.4) is 0 Å². The Morgan fingerprint density at radius 1 is 1.38 bits per heavy atom.